The molecule has 2 fully saturated rings. The van der Waals surface area contributed by atoms with Crippen molar-refractivity contribution in [3.8, 4) is 0 Å². The second-order valence-corrected chi connectivity index (χ2v) is 15.0. The van der Waals surface area contributed by atoms with Crippen LogP contribution < -0.4 is 10.0 Å². The third kappa shape index (κ3) is 8.60. The number of halogens is 1. The van der Waals surface area contributed by atoms with Gasteiger partial charge in [-0.1, -0.05) is 67.3 Å². The number of hydrogen-bond acceptors (Lipinski definition) is 6. The summed E-state index contributed by atoms with van der Waals surface area (Å²) in [5.74, 6) is 0.210. The zero-order valence-corrected chi connectivity index (χ0v) is 27.5. The lowest BCUT2D eigenvalue weighted by Gasteiger charge is -2.44. The number of carbonyl (C=O) groups excluding carboxylic acids is 2. The Hall–Kier alpha value is -2.50. The molecule has 2 N–H and O–H groups in total. The Kier molecular flexibility index (Phi) is 11.0. The Morgan fingerprint density at radius 3 is 2.34 bits per heavy atom. The molecule has 2 aliphatic heterocycles. The SMILES string of the molecule is CN1Cc2ccccc2C1CC(=O)N[C@H](Cc1ccc(Cl)cc1)C(=O)N1CCN(C(CNS(C)(=O)=O)C2CCCCC2)CC1. The van der Waals surface area contributed by atoms with Gasteiger partial charge in [0.2, 0.25) is 21.8 Å². The van der Waals surface area contributed by atoms with Crippen LogP contribution in [0.3, 0.4) is 0 Å². The van der Waals surface area contributed by atoms with E-state index >= 15 is 0 Å². The molecule has 2 aromatic carbocycles. The van der Waals surface area contributed by atoms with Crippen LogP contribution in [-0.2, 0) is 32.6 Å². The molecule has 1 saturated carbocycles. The monoisotopic (exact) mass is 643 g/mol. The van der Waals surface area contributed by atoms with Crippen LogP contribution in [0.15, 0.2) is 48.5 Å². The van der Waals surface area contributed by atoms with Gasteiger partial charge >= 0.3 is 0 Å². The van der Waals surface area contributed by atoms with Gasteiger partial charge in [0, 0.05) is 69.2 Å². The molecule has 2 amide bonds. The van der Waals surface area contributed by atoms with Crippen molar-refractivity contribution in [1.82, 2.24) is 24.7 Å². The number of benzene rings is 2. The van der Waals surface area contributed by atoms with E-state index in [4.69, 9.17) is 11.6 Å². The van der Waals surface area contributed by atoms with Gasteiger partial charge in [-0.25, -0.2) is 13.1 Å². The number of nitrogens with one attached hydrogen (secondary N) is 2. The van der Waals surface area contributed by atoms with E-state index in [0.29, 0.717) is 50.1 Å². The molecule has 0 aromatic heterocycles. The Labute approximate surface area is 267 Å². The lowest BCUT2D eigenvalue weighted by atomic mass is 9.83. The molecular weight excluding hydrogens is 598 g/mol. The Balaban J connectivity index is 1.25. The van der Waals surface area contributed by atoms with E-state index < -0.39 is 16.1 Å². The first-order valence-electron chi connectivity index (χ1n) is 15.9. The smallest absolute Gasteiger partial charge is 0.245 e. The Morgan fingerprint density at radius 1 is 0.977 bits per heavy atom. The lowest BCUT2D eigenvalue weighted by Crippen LogP contribution is -2.59. The molecule has 2 heterocycles. The second-order valence-electron chi connectivity index (χ2n) is 12.7. The number of sulfonamides is 1. The quantitative estimate of drug-likeness (QED) is 0.388. The fourth-order valence-electron chi connectivity index (χ4n) is 7.21. The molecular formula is C33H46ClN5O4S. The summed E-state index contributed by atoms with van der Waals surface area (Å²) in [5, 5.41) is 3.72. The molecule has 0 bridgehead atoms. The second kappa shape index (κ2) is 14.7. The van der Waals surface area contributed by atoms with Gasteiger partial charge in [0.05, 0.1) is 6.26 Å². The summed E-state index contributed by atoms with van der Waals surface area (Å²) < 4.78 is 26.6. The van der Waals surface area contributed by atoms with Crippen LogP contribution in [0.25, 0.3) is 0 Å². The normalized spacial score (nSPS) is 21.5. The van der Waals surface area contributed by atoms with Gasteiger partial charge in [0.1, 0.15) is 6.04 Å². The highest BCUT2D eigenvalue weighted by molar-refractivity contribution is 7.88. The van der Waals surface area contributed by atoms with E-state index in [1.54, 1.807) is 12.1 Å². The van der Waals surface area contributed by atoms with Crippen molar-refractivity contribution in [3.63, 3.8) is 0 Å². The van der Waals surface area contributed by atoms with E-state index in [0.717, 1.165) is 24.9 Å². The largest absolute Gasteiger partial charge is 0.344 e. The molecule has 240 valence electrons. The number of hydrogen-bond donors (Lipinski definition) is 2. The van der Waals surface area contributed by atoms with E-state index in [2.05, 4.69) is 32.0 Å². The minimum atomic E-state index is -3.30. The van der Waals surface area contributed by atoms with Crippen molar-refractivity contribution >= 4 is 33.4 Å². The standard InChI is InChI=1S/C33H46ClN5O4S/c1-37-23-26-10-6-7-11-28(26)30(37)21-32(40)36-29(20-24-12-14-27(34)15-13-24)33(41)39-18-16-38(17-19-39)31(22-35-44(2,42)43)25-8-4-3-5-9-25/h6-7,10-15,25,29-31,35H,3-5,8-9,16-23H2,1-2H3,(H,36,40)/t29-,30?,31?/m1/s1. The first-order valence-corrected chi connectivity index (χ1v) is 18.1. The van der Waals surface area contributed by atoms with E-state index in [1.807, 2.05) is 36.2 Å². The van der Waals surface area contributed by atoms with Crippen molar-refractivity contribution in [2.75, 3.05) is 46.0 Å². The van der Waals surface area contributed by atoms with Crippen LogP contribution >= 0.6 is 11.6 Å². The number of rotatable bonds is 11. The molecule has 3 aliphatic rings. The van der Waals surface area contributed by atoms with Gasteiger partial charge in [-0.05, 0) is 54.6 Å². The van der Waals surface area contributed by atoms with E-state index in [1.165, 1.54) is 36.6 Å². The van der Waals surface area contributed by atoms with Crippen LogP contribution in [-0.4, -0.2) is 93.0 Å². The number of nitrogens with zero attached hydrogens (tertiary/aromatic N) is 3. The van der Waals surface area contributed by atoms with E-state index in [-0.39, 0.29) is 30.3 Å². The molecule has 0 radical (unpaired) electrons. The van der Waals surface area contributed by atoms with Crippen molar-refractivity contribution < 1.29 is 18.0 Å². The third-order valence-corrected chi connectivity index (χ3v) is 10.5. The summed E-state index contributed by atoms with van der Waals surface area (Å²) >= 11 is 6.12. The van der Waals surface area contributed by atoms with Crippen LogP contribution in [0.2, 0.25) is 5.02 Å². The molecule has 1 saturated heterocycles. The maximum Gasteiger partial charge on any atom is 0.245 e. The summed E-state index contributed by atoms with van der Waals surface area (Å²) in [4.78, 5) is 33.9. The number of carbonyl (C=O) groups is 2. The fraction of sp³-hybridized carbons (Fsp3) is 0.576. The van der Waals surface area contributed by atoms with Gasteiger partial charge in [-0.2, -0.15) is 0 Å². The Morgan fingerprint density at radius 2 is 1.66 bits per heavy atom. The maximum absolute atomic E-state index is 14.0. The predicted octanol–water partition coefficient (Wildman–Crippen LogP) is 3.59. The Bertz CT molecular complexity index is 1390. The molecule has 3 atom stereocenters. The first kappa shape index (κ1) is 32.9. The highest BCUT2D eigenvalue weighted by atomic mass is 35.5. The predicted molar refractivity (Wildman–Crippen MR) is 174 cm³/mol. The van der Waals surface area contributed by atoms with Crippen LogP contribution in [0.5, 0.6) is 0 Å². The number of amides is 2. The molecule has 1 aliphatic carbocycles. The molecule has 44 heavy (non-hydrogen) atoms. The topological polar surface area (TPSA) is 102 Å². The number of piperazine rings is 1. The molecule has 2 unspecified atom stereocenters. The summed E-state index contributed by atoms with van der Waals surface area (Å²) in [5.41, 5.74) is 3.33. The summed E-state index contributed by atoms with van der Waals surface area (Å²) in [6.45, 7) is 3.60. The molecule has 9 nitrogen and oxygen atoms in total. The third-order valence-electron chi connectivity index (χ3n) is 9.57. The first-order chi connectivity index (χ1) is 21.1. The zero-order valence-electron chi connectivity index (χ0n) is 25.9. The summed E-state index contributed by atoms with van der Waals surface area (Å²) in [7, 11) is -1.27. The summed E-state index contributed by atoms with van der Waals surface area (Å²) in [6, 6.07) is 15.0. The van der Waals surface area contributed by atoms with Gasteiger partial charge in [-0.15, -0.1) is 0 Å². The summed E-state index contributed by atoms with van der Waals surface area (Å²) in [6.07, 6.45) is 7.65. The minimum absolute atomic E-state index is 0.0294. The zero-order chi connectivity index (χ0) is 31.3. The molecule has 5 rings (SSSR count). The van der Waals surface area contributed by atoms with Gasteiger partial charge in [-0.3, -0.25) is 19.4 Å². The van der Waals surface area contributed by atoms with Crippen molar-refractivity contribution in [3.05, 3.63) is 70.2 Å². The van der Waals surface area contributed by atoms with Crippen LogP contribution in [0, 0.1) is 5.92 Å². The van der Waals surface area contributed by atoms with Gasteiger partial charge < -0.3 is 10.2 Å². The minimum Gasteiger partial charge on any atom is -0.344 e. The van der Waals surface area contributed by atoms with Gasteiger partial charge in [0.15, 0.2) is 0 Å². The average molecular weight is 644 g/mol. The fourth-order valence-corrected chi connectivity index (χ4v) is 7.81. The molecule has 11 heteroatoms. The molecule has 2 aromatic rings. The average Bonchev–Trinajstić information content (AvgIpc) is 3.32. The van der Waals surface area contributed by atoms with Crippen LogP contribution in [0.1, 0.15) is 61.3 Å². The molecule has 0 spiro atoms. The highest BCUT2D eigenvalue weighted by Gasteiger charge is 2.35. The van der Waals surface area contributed by atoms with Crippen molar-refractivity contribution in [2.45, 2.75) is 69.6 Å². The number of fused-ring (bicyclic) bond motifs is 1. The maximum atomic E-state index is 14.0. The van der Waals surface area contributed by atoms with Crippen LogP contribution in [0.4, 0.5) is 0 Å². The van der Waals surface area contributed by atoms with Gasteiger partial charge in [0.25, 0.3) is 0 Å². The lowest BCUT2D eigenvalue weighted by molar-refractivity contribution is -0.138. The highest BCUT2D eigenvalue weighted by Crippen LogP contribution is 2.34. The van der Waals surface area contributed by atoms with Crippen molar-refractivity contribution in [1.29, 1.82) is 0 Å². The van der Waals surface area contributed by atoms with E-state index in [9.17, 15) is 18.0 Å². The van der Waals surface area contributed by atoms with Crippen molar-refractivity contribution in [2.24, 2.45) is 5.92 Å².